The standard InChI is InChI=1S/C11H16N2O2S3/c12-11(16)9-5-6-10(17-9)18(14,15)13-7-8-3-1-2-4-8/h5-6,8,13H,1-4,7H2,(H2,12,16). The van der Waals surface area contributed by atoms with Crippen molar-refractivity contribution in [3.05, 3.63) is 17.0 Å². The maximum Gasteiger partial charge on any atom is 0.250 e. The predicted octanol–water partition coefficient (Wildman–Crippen LogP) is 1.85. The Hall–Kier alpha value is -0.500. The van der Waals surface area contributed by atoms with Crippen LogP contribution < -0.4 is 10.5 Å². The van der Waals surface area contributed by atoms with Gasteiger partial charge in [-0.25, -0.2) is 13.1 Å². The lowest BCUT2D eigenvalue weighted by molar-refractivity contribution is 0.520. The van der Waals surface area contributed by atoms with Crippen LogP contribution in [0.3, 0.4) is 0 Å². The fourth-order valence-corrected chi connectivity index (χ4v) is 4.62. The van der Waals surface area contributed by atoms with E-state index in [0.717, 1.165) is 24.2 Å². The first kappa shape index (κ1) is 13.9. The average Bonchev–Trinajstić information content (AvgIpc) is 2.98. The first-order valence-electron chi connectivity index (χ1n) is 5.88. The van der Waals surface area contributed by atoms with E-state index in [1.807, 2.05) is 0 Å². The fourth-order valence-electron chi connectivity index (χ4n) is 2.11. The van der Waals surface area contributed by atoms with Crippen LogP contribution in [0.25, 0.3) is 0 Å². The van der Waals surface area contributed by atoms with Gasteiger partial charge < -0.3 is 5.73 Å². The maximum atomic E-state index is 12.0. The summed E-state index contributed by atoms with van der Waals surface area (Å²) in [7, 11) is -3.41. The molecular formula is C11H16N2O2S3. The van der Waals surface area contributed by atoms with Gasteiger partial charge in [-0.2, -0.15) is 0 Å². The molecular weight excluding hydrogens is 288 g/mol. The molecule has 1 heterocycles. The summed E-state index contributed by atoms with van der Waals surface area (Å²) in [6.07, 6.45) is 4.64. The molecule has 0 amide bonds. The number of sulfonamides is 1. The van der Waals surface area contributed by atoms with Crippen molar-refractivity contribution in [2.45, 2.75) is 29.9 Å². The molecule has 1 saturated carbocycles. The Kier molecular flexibility index (Phi) is 4.37. The van der Waals surface area contributed by atoms with Crippen molar-refractivity contribution in [1.82, 2.24) is 4.72 Å². The van der Waals surface area contributed by atoms with Crippen molar-refractivity contribution in [2.24, 2.45) is 11.7 Å². The summed E-state index contributed by atoms with van der Waals surface area (Å²) in [5, 5.41) is 0. The fraction of sp³-hybridized carbons (Fsp3) is 0.545. The van der Waals surface area contributed by atoms with E-state index in [1.165, 1.54) is 12.8 Å². The van der Waals surface area contributed by atoms with Gasteiger partial charge in [-0.3, -0.25) is 0 Å². The van der Waals surface area contributed by atoms with Gasteiger partial charge in [0.2, 0.25) is 10.0 Å². The molecule has 100 valence electrons. The molecule has 0 aliphatic heterocycles. The highest BCUT2D eigenvalue weighted by Gasteiger charge is 2.21. The smallest absolute Gasteiger partial charge is 0.250 e. The van der Waals surface area contributed by atoms with Gasteiger partial charge in [0.05, 0.1) is 4.88 Å². The summed E-state index contributed by atoms with van der Waals surface area (Å²) < 4.78 is 27.0. The third kappa shape index (κ3) is 3.28. The monoisotopic (exact) mass is 304 g/mol. The molecule has 0 aromatic carbocycles. The van der Waals surface area contributed by atoms with Gasteiger partial charge in [0.1, 0.15) is 9.20 Å². The number of thiocarbonyl (C=S) groups is 1. The number of thiophene rings is 1. The molecule has 1 aliphatic rings. The zero-order valence-corrected chi connectivity index (χ0v) is 12.3. The van der Waals surface area contributed by atoms with Crippen molar-refractivity contribution < 1.29 is 8.42 Å². The quantitative estimate of drug-likeness (QED) is 0.814. The third-order valence-corrected chi connectivity index (χ3v) is 6.51. The molecule has 2 rings (SSSR count). The van der Waals surface area contributed by atoms with Crippen LogP contribution in [0, 0.1) is 5.92 Å². The van der Waals surface area contributed by atoms with E-state index in [-0.39, 0.29) is 9.20 Å². The van der Waals surface area contributed by atoms with Crippen molar-refractivity contribution >= 4 is 38.6 Å². The number of nitrogens with one attached hydrogen (secondary N) is 1. The van der Waals surface area contributed by atoms with E-state index in [1.54, 1.807) is 12.1 Å². The summed E-state index contributed by atoms with van der Waals surface area (Å²) in [4.78, 5) is 0.864. The molecule has 18 heavy (non-hydrogen) atoms. The molecule has 0 spiro atoms. The zero-order chi connectivity index (χ0) is 13.2. The molecule has 0 bridgehead atoms. The first-order valence-corrected chi connectivity index (χ1v) is 8.59. The van der Waals surface area contributed by atoms with Crippen molar-refractivity contribution in [1.29, 1.82) is 0 Å². The van der Waals surface area contributed by atoms with E-state index in [9.17, 15) is 8.42 Å². The third-order valence-electron chi connectivity index (χ3n) is 3.13. The minimum Gasteiger partial charge on any atom is -0.389 e. The summed E-state index contributed by atoms with van der Waals surface area (Å²) >= 11 is 5.94. The topological polar surface area (TPSA) is 72.2 Å². The van der Waals surface area contributed by atoms with E-state index < -0.39 is 10.0 Å². The van der Waals surface area contributed by atoms with E-state index in [0.29, 0.717) is 17.3 Å². The second-order valence-corrected chi connectivity index (χ2v) is 8.00. The Labute approximate surface area is 117 Å². The van der Waals surface area contributed by atoms with Gasteiger partial charge in [-0.1, -0.05) is 25.1 Å². The molecule has 0 saturated heterocycles. The summed E-state index contributed by atoms with van der Waals surface area (Å²) in [6.45, 7) is 0.530. The molecule has 1 aliphatic carbocycles. The summed E-state index contributed by atoms with van der Waals surface area (Å²) in [6, 6.07) is 3.20. The van der Waals surface area contributed by atoms with Crippen LogP contribution in [-0.4, -0.2) is 20.0 Å². The number of hydrogen-bond donors (Lipinski definition) is 2. The normalized spacial score (nSPS) is 17.1. The van der Waals surface area contributed by atoms with E-state index >= 15 is 0 Å². The largest absolute Gasteiger partial charge is 0.389 e. The Morgan fingerprint density at radius 1 is 1.44 bits per heavy atom. The number of nitrogens with two attached hydrogens (primary N) is 1. The summed E-state index contributed by atoms with van der Waals surface area (Å²) in [5.41, 5.74) is 5.47. The minimum atomic E-state index is -3.41. The number of hydrogen-bond acceptors (Lipinski definition) is 4. The molecule has 1 aromatic rings. The Morgan fingerprint density at radius 3 is 2.67 bits per heavy atom. The van der Waals surface area contributed by atoms with Gasteiger partial charge in [0, 0.05) is 6.54 Å². The second kappa shape index (κ2) is 5.64. The highest BCUT2D eigenvalue weighted by Crippen LogP contribution is 2.25. The molecule has 0 radical (unpaired) electrons. The molecule has 1 aromatic heterocycles. The Bertz CT molecular complexity index is 530. The predicted molar refractivity (Wildman–Crippen MR) is 77.4 cm³/mol. The number of rotatable bonds is 5. The molecule has 3 N–H and O–H groups in total. The van der Waals surface area contributed by atoms with Crippen molar-refractivity contribution in [3.63, 3.8) is 0 Å². The first-order chi connectivity index (χ1) is 8.49. The molecule has 0 atom stereocenters. The van der Waals surface area contributed by atoms with Crippen LogP contribution in [0.15, 0.2) is 16.3 Å². The van der Waals surface area contributed by atoms with Crippen LogP contribution in [0.2, 0.25) is 0 Å². The second-order valence-electron chi connectivity index (χ2n) is 4.49. The summed E-state index contributed by atoms with van der Waals surface area (Å²) in [5.74, 6) is 0.481. The van der Waals surface area contributed by atoms with Crippen LogP contribution in [0.5, 0.6) is 0 Å². The lowest BCUT2D eigenvalue weighted by atomic mass is 10.1. The van der Waals surface area contributed by atoms with Crippen molar-refractivity contribution in [2.75, 3.05) is 6.54 Å². The van der Waals surface area contributed by atoms with Crippen molar-refractivity contribution in [3.8, 4) is 0 Å². The van der Waals surface area contributed by atoms with Crippen LogP contribution >= 0.6 is 23.6 Å². The van der Waals surface area contributed by atoms with Gasteiger partial charge in [-0.15, -0.1) is 11.3 Å². The van der Waals surface area contributed by atoms with E-state index in [2.05, 4.69) is 4.72 Å². The lowest BCUT2D eigenvalue weighted by Crippen LogP contribution is -2.27. The molecule has 7 heteroatoms. The van der Waals surface area contributed by atoms with E-state index in [4.69, 9.17) is 18.0 Å². The highest BCUT2D eigenvalue weighted by atomic mass is 32.2. The van der Waals surface area contributed by atoms with Gasteiger partial charge in [-0.05, 0) is 30.9 Å². The zero-order valence-electron chi connectivity index (χ0n) is 9.89. The Morgan fingerprint density at radius 2 is 2.11 bits per heavy atom. The average molecular weight is 304 g/mol. The maximum absolute atomic E-state index is 12.0. The van der Waals surface area contributed by atoms with Gasteiger partial charge >= 0.3 is 0 Å². The lowest BCUT2D eigenvalue weighted by Gasteiger charge is -2.09. The van der Waals surface area contributed by atoms with Gasteiger partial charge in [0.15, 0.2) is 0 Å². The highest BCUT2D eigenvalue weighted by molar-refractivity contribution is 7.91. The van der Waals surface area contributed by atoms with Crippen LogP contribution in [0.1, 0.15) is 30.6 Å². The van der Waals surface area contributed by atoms with Gasteiger partial charge in [0.25, 0.3) is 0 Å². The molecule has 4 nitrogen and oxygen atoms in total. The SMILES string of the molecule is NC(=S)c1ccc(S(=O)(=O)NCC2CCCC2)s1. The van der Waals surface area contributed by atoms with Crippen LogP contribution in [0.4, 0.5) is 0 Å². The minimum absolute atomic E-state index is 0.234. The Balaban J connectivity index is 2.02. The molecule has 0 unspecified atom stereocenters. The van der Waals surface area contributed by atoms with Crippen LogP contribution in [-0.2, 0) is 10.0 Å². The molecule has 1 fully saturated rings.